The molecule has 5 nitrogen and oxygen atoms in total. The number of anilines is 1. The highest BCUT2D eigenvalue weighted by Crippen LogP contribution is 2.32. The number of hydrogen-bond donors (Lipinski definition) is 3. The lowest BCUT2D eigenvalue weighted by molar-refractivity contribution is -0.123. The number of benzene rings is 1. The van der Waals surface area contributed by atoms with Crippen molar-refractivity contribution >= 4 is 29.9 Å². The van der Waals surface area contributed by atoms with E-state index in [4.69, 9.17) is 0 Å². The highest BCUT2D eigenvalue weighted by Gasteiger charge is 2.34. The van der Waals surface area contributed by atoms with Crippen molar-refractivity contribution in [1.29, 1.82) is 0 Å². The molecule has 2 aliphatic heterocycles. The summed E-state index contributed by atoms with van der Waals surface area (Å²) in [5, 5.41) is 9.67. The fourth-order valence-corrected chi connectivity index (χ4v) is 4.55. The molecule has 1 aromatic rings. The van der Waals surface area contributed by atoms with E-state index in [9.17, 15) is 9.59 Å². The summed E-state index contributed by atoms with van der Waals surface area (Å²) in [7, 11) is 0. The summed E-state index contributed by atoms with van der Waals surface area (Å²) in [6.07, 6.45) is 8.58. The second-order valence-corrected chi connectivity index (χ2v) is 8.27. The van der Waals surface area contributed by atoms with Gasteiger partial charge in [-0.3, -0.25) is 9.59 Å². The van der Waals surface area contributed by atoms with Gasteiger partial charge in [0.25, 0.3) is 0 Å². The maximum atomic E-state index is 12.3. The van der Waals surface area contributed by atoms with Crippen LogP contribution in [0.1, 0.15) is 56.9 Å². The van der Waals surface area contributed by atoms with E-state index in [0.29, 0.717) is 31.0 Å². The number of amides is 2. The Balaban J connectivity index is 0.00000210. The van der Waals surface area contributed by atoms with Gasteiger partial charge in [0.2, 0.25) is 11.8 Å². The average molecular weight is 392 g/mol. The molecule has 2 heterocycles. The number of nitrogens with one attached hydrogen (secondary N) is 3. The van der Waals surface area contributed by atoms with Crippen LogP contribution in [0.4, 0.5) is 5.69 Å². The first-order chi connectivity index (χ1) is 12.7. The zero-order chi connectivity index (χ0) is 17.9. The summed E-state index contributed by atoms with van der Waals surface area (Å²) in [6, 6.07) is 9.05. The normalized spacial score (nSPS) is 26.6. The number of fused-ring (bicyclic) bond motifs is 2. The molecule has 1 saturated carbocycles. The minimum Gasteiger partial charge on any atom is -0.352 e. The van der Waals surface area contributed by atoms with E-state index < -0.39 is 0 Å². The van der Waals surface area contributed by atoms with Crippen molar-refractivity contribution < 1.29 is 9.59 Å². The Labute approximate surface area is 167 Å². The SMILES string of the molecule is Cl.O=C(CC1CC2CCC(C1)N2)NCc1cccc(NC(=O)C2CCC2)c1. The first-order valence-electron chi connectivity index (χ1n) is 10.1. The molecule has 4 rings (SSSR count). The first-order valence-corrected chi connectivity index (χ1v) is 10.1. The summed E-state index contributed by atoms with van der Waals surface area (Å²) in [4.78, 5) is 24.4. The van der Waals surface area contributed by atoms with E-state index >= 15 is 0 Å². The van der Waals surface area contributed by atoms with Gasteiger partial charge < -0.3 is 16.0 Å². The van der Waals surface area contributed by atoms with Gasteiger partial charge in [-0.2, -0.15) is 0 Å². The van der Waals surface area contributed by atoms with Gasteiger partial charge in [0.15, 0.2) is 0 Å². The van der Waals surface area contributed by atoms with Gasteiger partial charge in [-0.25, -0.2) is 0 Å². The predicted molar refractivity (Wildman–Crippen MR) is 109 cm³/mol. The minimum atomic E-state index is 0. The molecule has 3 aliphatic rings. The molecule has 1 aliphatic carbocycles. The molecule has 3 N–H and O–H groups in total. The van der Waals surface area contributed by atoms with Crippen LogP contribution in [0.25, 0.3) is 0 Å². The maximum Gasteiger partial charge on any atom is 0.227 e. The van der Waals surface area contributed by atoms with Gasteiger partial charge in [-0.15, -0.1) is 12.4 Å². The number of carbonyl (C=O) groups is 2. The summed E-state index contributed by atoms with van der Waals surface area (Å²) in [6.45, 7) is 0.518. The molecule has 27 heavy (non-hydrogen) atoms. The van der Waals surface area contributed by atoms with Crippen LogP contribution in [0.15, 0.2) is 24.3 Å². The standard InChI is InChI=1S/C21H29N3O2.ClH/c25-20(12-15-10-18-7-8-19(11-15)23-18)22-13-14-3-1-6-17(9-14)24-21(26)16-4-2-5-16;/h1,3,6,9,15-16,18-19,23H,2,4-5,7-8,10-13H2,(H,22,25)(H,24,26);1H. The van der Waals surface area contributed by atoms with Gasteiger partial charge in [-0.05, 0) is 62.1 Å². The molecule has 2 amide bonds. The summed E-state index contributed by atoms with van der Waals surface area (Å²) in [5.74, 6) is 0.957. The van der Waals surface area contributed by atoms with E-state index in [1.165, 1.54) is 12.8 Å². The van der Waals surface area contributed by atoms with E-state index in [2.05, 4.69) is 16.0 Å². The lowest BCUT2D eigenvalue weighted by atomic mass is 9.85. The third kappa shape index (κ3) is 5.23. The van der Waals surface area contributed by atoms with Crippen LogP contribution in [-0.2, 0) is 16.1 Å². The Morgan fingerprint density at radius 1 is 1.07 bits per heavy atom. The fraction of sp³-hybridized carbons (Fsp3) is 0.619. The van der Waals surface area contributed by atoms with Gasteiger partial charge in [0.1, 0.15) is 0 Å². The van der Waals surface area contributed by atoms with Crippen LogP contribution in [0, 0.1) is 11.8 Å². The molecule has 0 spiro atoms. The Morgan fingerprint density at radius 3 is 2.48 bits per heavy atom. The first kappa shape index (κ1) is 20.2. The Bertz CT molecular complexity index is 665. The van der Waals surface area contributed by atoms with Crippen molar-refractivity contribution in [1.82, 2.24) is 10.6 Å². The largest absolute Gasteiger partial charge is 0.352 e. The number of hydrogen-bond acceptors (Lipinski definition) is 3. The van der Waals surface area contributed by atoms with Crippen molar-refractivity contribution in [3.8, 4) is 0 Å². The molecule has 2 bridgehead atoms. The van der Waals surface area contributed by atoms with Crippen molar-refractivity contribution in [2.45, 2.75) is 70.0 Å². The topological polar surface area (TPSA) is 70.2 Å². The number of halogens is 1. The summed E-state index contributed by atoms with van der Waals surface area (Å²) >= 11 is 0. The summed E-state index contributed by atoms with van der Waals surface area (Å²) in [5.41, 5.74) is 1.85. The van der Waals surface area contributed by atoms with Crippen LogP contribution in [-0.4, -0.2) is 23.9 Å². The number of rotatable bonds is 6. The van der Waals surface area contributed by atoms with Crippen molar-refractivity contribution in [2.24, 2.45) is 11.8 Å². The molecule has 1 aromatic carbocycles. The van der Waals surface area contributed by atoms with Crippen LogP contribution < -0.4 is 16.0 Å². The lowest BCUT2D eigenvalue weighted by Crippen LogP contribution is -2.39. The quantitative estimate of drug-likeness (QED) is 0.696. The third-order valence-electron chi connectivity index (χ3n) is 6.20. The molecule has 148 valence electrons. The van der Waals surface area contributed by atoms with Gasteiger partial charge in [-0.1, -0.05) is 18.6 Å². The molecule has 6 heteroatoms. The van der Waals surface area contributed by atoms with Gasteiger partial charge >= 0.3 is 0 Å². The third-order valence-corrected chi connectivity index (χ3v) is 6.20. The maximum absolute atomic E-state index is 12.3. The zero-order valence-corrected chi connectivity index (χ0v) is 16.5. The van der Waals surface area contributed by atoms with E-state index in [1.807, 2.05) is 24.3 Å². The van der Waals surface area contributed by atoms with E-state index in [1.54, 1.807) is 0 Å². The zero-order valence-electron chi connectivity index (χ0n) is 15.7. The number of carbonyl (C=O) groups excluding carboxylic acids is 2. The molecular weight excluding hydrogens is 362 g/mol. The van der Waals surface area contributed by atoms with Crippen LogP contribution >= 0.6 is 12.4 Å². The predicted octanol–water partition coefficient (Wildman–Crippen LogP) is 3.38. The Hall–Kier alpha value is -1.59. The Morgan fingerprint density at radius 2 is 1.81 bits per heavy atom. The minimum absolute atomic E-state index is 0. The second kappa shape index (κ2) is 9.07. The molecule has 3 fully saturated rings. The monoisotopic (exact) mass is 391 g/mol. The van der Waals surface area contributed by atoms with Crippen LogP contribution in [0.5, 0.6) is 0 Å². The van der Waals surface area contributed by atoms with E-state index in [0.717, 1.165) is 43.4 Å². The number of piperidine rings is 1. The van der Waals surface area contributed by atoms with Crippen LogP contribution in [0.2, 0.25) is 0 Å². The molecule has 0 radical (unpaired) electrons. The highest BCUT2D eigenvalue weighted by atomic mass is 35.5. The van der Waals surface area contributed by atoms with Crippen LogP contribution in [0.3, 0.4) is 0 Å². The van der Waals surface area contributed by atoms with Crippen molar-refractivity contribution in [3.05, 3.63) is 29.8 Å². The average Bonchev–Trinajstić information content (AvgIpc) is 2.90. The molecular formula is C21H30ClN3O2. The van der Waals surface area contributed by atoms with Gasteiger partial charge in [0.05, 0.1) is 0 Å². The highest BCUT2D eigenvalue weighted by molar-refractivity contribution is 5.93. The fourth-order valence-electron chi connectivity index (χ4n) is 4.55. The lowest BCUT2D eigenvalue weighted by Gasteiger charge is -2.28. The van der Waals surface area contributed by atoms with Gasteiger partial charge in [0, 0.05) is 36.7 Å². The van der Waals surface area contributed by atoms with Crippen molar-refractivity contribution in [3.63, 3.8) is 0 Å². The second-order valence-electron chi connectivity index (χ2n) is 8.27. The molecule has 2 atom stereocenters. The Kier molecular flexibility index (Phi) is 6.77. The summed E-state index contributed by atoms with van der Waals surface area (Å²) < 4.78 is 0. The smallest absolute Gasteiger partial charge is 0.227 e. The van der Waals surface area contributed by atoms with Crippen molar-refractivity contribution in [2.75, 3.05) is 5.32 Å². The van der Waals surface area contributed by atoms with E-state index in [-0.39, 0.29) is 30.1 Å². The molecule has 2 unspecified atom stereocenters. The molecule has 2 saturated heterocycles. The molecule has 0 aromatic heterocycles.